The van der Waals surface area contributed by atoms with Gasteiger partial charge in [-0.05, 0) is 37.0 Å². The lowest BCUT2D eigenvalue weighted by atomic mass is 10.1. The minimum atomic E-state index is -0.109. The highest BCUT2D eigenvalue weighted by Gasteiger charge is 2.32. The quantitative estimate of drug-likeness (QED) is 0.942. The molecule has 21 heavy (non-hydrogen) atoms. The lowest BCUT2D eigenvalue weighted by Gasteiger charge is -2.23. The molecular weight excluding hydrogens is 282 g/mol. The third kappa shape index (κ3) is 3.08. The Morgan fingerprint density at radius 1 is 1.43 bits per heavy atom. The lowest BCUT2D eigenvalue weighted by Crippen LogP contribution is -2.39. The molecule has 1 aliphatic heterocycles. The number of hydrogen-bond acceptors (Lipinski definition) is 4. The van der Waals surface area contributed by atoms with Crippen LogP contribution in [-0.2, 0) is 11.2 Å². The molecule has 4 nitrogen and oxygen atoms in total. The van der Waals surface area contributed by atoms with Crippen molar-refractivity contribution in [1.82, 2.24) is 4.98 Å². The summed E-state index contributed by atoms with van der Waals surface area (Å²) in [5.74, 6) is 0.0620. The number of carbonyl (C=O) groups excluding carboxylic acids is 1. The second-order valence-electron chi connectivity index (χ2n) is 5.21. The number of carbonyl (C=O) groups is 1. The zero-order chi connectivity index (χ0) is 14.7. The summed E-state index contributed by atoms with van der Waals surface area (Å²) in [6.45, 7) is 3.03. The standard InChI is InChI=1S/C16H19N3OS/c1-2-12-5-7-13(8-6-12)18-15(20)14-4-3-10-19(14)16-17-9-11-21-16/h5-9,11,14H,2-4,10H2,1H3,(H,18,20). The summed E-state index contributed by atoms with van der Waals surface area (Å²) < 4.78 is 0. The first-order chi connectivity index (χ1) is 10.3. The molecule has 1 aromatic carbocycles. The summed E-state index contributed by atoms with van der Waals surface area (Å²) in [6.07, 6.45) is 4.72. The summed E-state index contributed by atoms with van der Waals surface area (Å²) >= 11 is 1.59. The van der Waals surface area contributed by atoms with Crippen molar-refractivity contribution in [3.05, 3.63) is 41.4 Å². The highest BCUT2D eigenvalue weighted by atomic mass is 32.1. The molecule has 110 valence electrons. The highest BCUT2D eigenvalue weighted by molar-refractivity contribution is 7.13. The molecule has 0 bridgehead atoms. The predicted molar refractivity (Wildman–Crippen MR) is 86.9 cm³/mol. The van der Waals surface area contributed by atoms with Gasteiger partial charge in [-0.3, -0.25) is 4.79 Å². The van der Waals surface area contributed by atoms with Crippen molar-refractivity contribution < 1.29 is 4.79 Å². The molecule has 0 spiro atoms. The molecule has 1 N–H and O–H groups in total. The van der Waals surface area contributed by atoms with Crippen molar-refractivity contribution in [3.63, 3.8) is 0 Å². The van der Waals surface area contributed by atoms with Gasteiger partial charge in [-0.1, -0.05) is 19.1 Å². The molecule has 1 aromatic heterocycles. The Hall–Kier alpha value is -1.88. The summed E-state index contributed by atoms with van der Waals surface area (Å²) in [6, 6.07) is 7.95. The van der Waals surface area contributed by atoms with Gasteiger partial charge in [0.2, 0.25) is 5.91 Å². The number of rotatable bonds is 4. The second kappa shape index (κ2) is 6.26. The number of benzene rings is 1. The van der Waals surface area contributed by atoms with Crippen molar-refractivity contribution >= 4 is 28.1 Å². The zero-order valence-electron chi connectivity index (χ0n) is 12.1. The lowest BCUT2D eigenvalue weighted by molar-refractivity contribution is -0.117. The number of amides is 1. The molecule has 5 heteroatoms. The molecule has 1 atom stereocenters. The van der Waals surface area contributed by atoms with Gasteiger partial charge in [-0.2, -0.15) is 0 Å². The van der Waals surface area contributed by atoms with Gasteiger partial charge in [-0.25, -0.2) is 4.98 Å². The maximum Gasteiger partial charge on any atom is 0.247 e. The van der Waals surface area contributed by atoms with Crippen LogP contribution in [0.15, 0.2) is 35.8 Å². The molecule has 0 aliphatic carbocycles. The molecule has 1 aliphatic rings. The molecule has 2 heterocycles. The van der Waals surface area contributed by atoms with Crippen molar-refractivity contribution in [2.75, 3.05) is 16.8 Å². The first-order valence-electron chi connectivity index (χ1n) is 7.34. The Balaban J connectivity index is 1.69. The van der Waals surface area contributed by atoms with Gasteiger partial charge in [-0.15, -0.1) is 11.3 Å². The fourth-order valence-electron chi connectivity index (χ4n) is 2.68. The third-order valence-corrected chi connectivity index (χ3v) is 4.66. The summed E-state index contributed by atoms with van der Waals surface area (Å²) in [5, 5.41) is 5.91. The Bertz CT molecular complexity index is 594. The molecule has 1 unspecified atom stereocenters. The van der Waals surface area contributed by atoms with Crippen LogP contribution in [0.1, 0.15) is 25.3 Å². The van der Waals surface area contributed by atoms with Crippen LogP contribution in [0.2, 0.25) is 0 Å². The number of thiazole rings is 1. The zero-order valence-corrected chi connectivity index (χ0v) is 12.9. The number of nitrogens with one attached hydrogen (secondary N) is 1. The third-order valence-electron chi connectivity index (χ3n) is 3.85. The van der Waals surface area contributed by atoms with E-state index in [9.17, 15) is 4.79 Å². The Kier molecular flexibility index (Phi) is 4.20. The first kappa shape index (κ1) is 14.1. The van der Waals surface area contributed by atoms with Crippen molar-refractivity contribution in [3.8, 4) is 0 Å². The summed E-state index contributed by atoms with van der Waals surface area (Å²) in [5.41, 5.74) is 2.14. The molecule has 0 saturated carbocycles. The van der Waals surface area contributed by atoms with Gasteiger partial charge >= 0.3 is 0 Å². The smallest absolute Gasteiger partial charge is 0.247 e. The van der Waals surface area contributed by atoms with E-state index in [4.69, 9.17) is 0 Å². The number of nitrogens with zero attached hydrogens (tertiary/aromatic N) is 2. The van der Waals surface area contributed by atoms with Crippen LogP contribution in [-0.4, -0.2) is 23.5 Å². The fourth-order valence-corrected chi connectivity index (χ4v) is 3.39. The van der Waals surface area contributed by atoms with E-state index >= 15 is 0 Å². The van der Waals surface area contributed by atoms with E-state index in [1.54, 1.807) is 17.5 Å². The maximum absolute atomic E-state index is 12.5. The van der Waals surface area contributed by atoms with Crippen molar-refractivity contribution in [2.24, 2.45) is 0 Å². The van der Waals surface area contributed by atoms with Crippen LogP contribution in [0, 0.1) is 0 Å². The largest absolute Gasteiger partial charge is 0.336 e. The number of hydrogen-bond donors (Lipinski definition) is 1. The first-order valence-corrected chi connectivity index (χ1v) is 8.22. The maximum atomic E-state index is 12.5. The SMILES string of the molecule is CCc1ccc(NC(=O)C2CCCN2c2nccs2)cc1. The number of anilines is 2. The molecule has 2 aromatic rings. The minimum Gasteiger partial charge on any atom is -0.336 e. The minimum absolute atomic E-state index is 0.0620. The van der Waals surface area contributed by atoms with Crippen LogP contribution >= 0.6 is 11.3 Å². The van der Waals surface area contributed by atoms with Gasteiger partial charge in [0, 0.05) is 23.8 Å². The average Bonchev–Trinajstić information content (AvgIpc) is 3.18. The van der Waals surface area contributed by atoms with Gasteiger partial charge in [0.15, 0.2) is 5.13 Å². The summed E-state index contributed by atoms with van der Waals surface area (Å²) in [7, 11) is 0. The normalized spacial score (nSPS) is 18.0. The van der Waals surface area contributed by atoms with E-state index in [1.165, 1.54) is 5.56 Å². The van der Waals surface area contributed by atoms with E-state index in [0.717, 1.165) is 36.6 Å². The highest BCUT2D eigenvalue weighted by Crippen LogP contribution is 2.27. The summed E-state index contributed by atoms with van der Waals surface area (Å²) in [4.78, 5) is 18.9. The monoisotopic (exact) mass is 301 g/mol. The van der Waals surface area contributed by atoms with Gasteiger partial charge < -0.3 is 10.2 Å². The van der Waals surface area contributed by atoms with E-state index in [2.05, 4.69) is 34.3 Å². The van der Waals surface area contributed by atoms with E-state index in [1.807, 2.05) is 17.5 Å². The van der Waals surface area contributed by atoms with Gasteiger partial charge in [0.25, 0.3) is 0 Å². The van der Waals surface area contributed by atoms with Crippen molar-refractivity contribution in [2.45, 2.75) is 32.2 Å². The molecule has 3 rings (SSSR count). The fraction of sp³-hybridized carbons (Fsp3) is 0.375. The van der Waals surface area contributed by atoms with E-state index in [-0.39, 0.29) is 11.9 Å². The van der Waals surface area contributed by atoms with Crippen LogP contribution < -0.4 is 10.2 Å². The molecule has 1 amide bonds. The molecule has 1 saturated heterocycles. The van der Waals surface area contributed by atoms with Gasteiger partial charge in [0.05, 0.1) is 0 Å². The topological polar surface area (TPSA) is 45.2 Å². The molecular formula is C16H19N3OS. The predicted octanol–water partition coefficient (Wildman–Crippen LogP) is 3.31. The Morgan fingerprint density at radius 3 is 2.90 bits per heavy atom. The van der Waals surface area contributed by atoms with Gasteiger partial charge in [0.1, 0.15) is 6.04 Å². The van der Waals surface area contributed by atoms with Crippen LogP contribution in [0.25, 0.3) is 0 Å². The van der Waals surface area contributed by atoms with Crippen LogP contribution in [0.5, 0.6) is 0 Å². The average molecular weight is 301 g/mol. The molecule has 0 radical (unpaired) electrons. The molecule has 1 fully saturated rings. The van der Waals surface area contributed by atoms with Crippen LogP contribution in [0.4, 0.5) is 10.8 Å². The van der Waals surface area contributed by atoms with E-state index in [0.29, 0.717) is 0 Å². The Labute approximate surface area is 128 Å². The van der Waals surface area contributed by atoms with Crippen molar-refractivity contribution in [1.29, 1.82) is 0 Å². The Morgan fingerprint density at radius 2 is 2.24 bits per heavy atom. The second-order valence-corrected chi connectivity index (χ2v) is 6.08. The van der Waals surface area contributed by atoms with E-state index < -0.39 is 0 Å². The van der Waals surface area contributed by atoms with Crippen LogP contribution in [0.3, 0.4) is 0 Å². The number of aromatic nitrogens is 1. The number of aryl methyl sites for hydroxylation is 1.